The maximum Gasteiger partial charge on any atom is 0.321 e. The Kier molecular flexibility index (Phi) is 4.91. The largest absolute Gasteiger partial charge is 0.480 e. The summed E-state index contributed by atoms with van der Waals surface area (Å²) in [5.74, 6) is -0.814. The average Bonchev–Trinajstić information content (AvgIpc) is 2.25. The molecule has 0 spiro atoms. The lowest BCUT2D eigenvalue weighted by Gasteiger charge is -2.30. The van der Waals surface area contributed by atoms with E-state index in [1.54, 1.807) is 6.92 Å². The van der Waals surface area contributed by atoms with Crippen molar-refractivity contribution >= 4 is 16.2 Å². The molecule has 0 radical (unpaired) electrons. The van der Waals surface area contributed by atoms with Crippen molar-refractivity contribution in [3.05, 3.63) is 0 Å². The highest BCUT2D eigenvalue weighted by atomic mass is 32.2. The second-order valence-corrected chi connectivity index (χ2v) is 6.23. The Morgan fingerprint density at radius 1 is 1.59 bits per heavy atom. The number of aliphatic carboxylic acids is 1. The number of nitrogens with zero attached hydrogens (tertiary/aromatic N) is 1. The zero-order valence-electron chi connectivity index (χ0n) is 10.2. The summed E-state index contributed by atoms with van der Waals surface area (Å²) in [4.78, 5) is 10.8. The molecule has 2 atom stereocenters. The molecule has 1 saturated heterocycles. The van der Waals surface area contributed by atoms with Crippen molar-refractivity contribution in [1.29, 1.82) is 0 Å². The molecule has 1 fully saturated rings. The van der Waals surface area contributed by atoms with Gasteiger partial charge in [0.2, 0.25) is 0 Å². The van der Waals surface area contributed by atoms with Crippen molar-refractivity contribution in [3.63, 3.8) is 0 Å². The van der Waals surface area contributed by atoms with Crippen LogP contribution in [0.2, 0.25) is 0 Å². The van der Waals surface area contributed by atoms with Crippen LogP contribution in [0.25, 0.3) is 0 Å². The summed E-state index contributed by atoms with van der Waals surface area (Å²) in [6.07, 6.45) is 2.08. The fourth-order valence-corrected chi connectivity index (χ4v) is 3.52. The monoisotopic (exact) mass is 264 g/mol. The molecule has 0 aromatic heterocycles. The SMILES string of the molecule is CC[C@H](NS(=O)(=O)N1CCCC(C)C1)C(=O)O. The number of hydrogen-bond acceptors (Lipinski definition) is 3. The van der Waals surface area contributed by atoms with Crippen molar-refractivity contribution in [2.45, 2.75) is 39.2 Å². The van der Waals surface area contributed by atoms with Crippen molar-refractivity contribution < 1.29 is 18.3 Å². The van der Waals surface area contributed by atoms with Gasteiger partial charge in [-0.25, -0.2) is 0 Å². The number of piperidine rings is 1. The van der Waals surface area contributed by atoms with Crippen molar-refractivity contribution in [1.82, 2.24) is 9.03 Å². The number of nitrogens with one attached hydrogen (secondary N) is 1. The fourth-order valence-electron chi connectivity index (χ4n) is 1.93. The van der Waals surface area contributed by atoms with E-state index in [1.165, 1.54) is 4.31 Å². The van der Waals surface area contributed by atoms with Gasteiger partial charge in [-0.3, -0.25) is 4.79 Å². The molecule has 0 saturated carbocycles. The molecule has 1 aliphatic heterocycles. The van der Waals surface area contributed by atoms with Crippen LogP contribution in [0.1, 0.15) is 33.1 Å². The van der Waals surface area contributed by atoms with Gasteiger partial charge in [-0.05, 0) is 25.2 Å². The third kappa shape index (κ3) is 3.93. The zero-order valence-corrected chi connectivity index (χ0v) is 11.0. The van der Waals surface area contributed by atoms with E-state index in [4.69, 9.17) is 5.11 Å². The van der Waals surface area contributed by atoms with E-state index in [0.717, 1.165) is 12.8 Å². The topological polar surface area (TPSA) is 86.7 Å². The van der Waals surface area contributed by atoms with E-state index in [2.05, 4.69) is 4.72 Å². The van der Waals surface area contributed by atoms with Crippen LogP contribution in [-0.4, -0.2) is 42.9 Å². The van der Waals surface area contributed by atoms with E-state index in [0.29, 0.717) is 19.0 Å². The molecule has 17 heavy (non-hydrogen) atoms. The van der Waals surface area contributed by atoms with Gasteiger partial charge >= 0.3 is 5.97 Å². The number of carbonyl (C=O) groups is 1. The average molecular weight is 264 g/mol. The number of rotatable bonds is 5. The van der Waals surface area contributed by atoms with Crippen LogP contribution in [0.15, 0.2) is 0 Å². The first-order valence-electron chi connectivity index (χ1n) is 5.87. The molecular weight excluding hydrogens is 244 g/mol. The van der Waals surface area contributed by atoms with Crippen LogP contribution in [-0.2, 0) is 15.0 Å². The first kappa shape index (κ1) is 14.4. The van der Waals surface area contributed by atoms with Gasteiger partial charge in [-0.1, -0.05) is 13.8 Å². The lowest BCUT2D eigenvalue weighted by atomic mass is 10.0. The summed E-state index contributed by atoms with van der Waals surface area (Å²) < 4.78 is 27.5. The standard InChI is InChI=1S/C10H20N2O4S/c1-3-9(10(13)14)11-17(15,16)12-6-4-5-8(2)7-12/h8-9,11H,3-7H2,1-2H3,(H,13,14)/t8?,9-/m0/s1. The summed E-state index contributed by atoms with van der Waals surface area (Å²) in [6.45, 7) is 4.57. The molecule has 100 valence electrons. The lowest BCUT2D eigenvalue weighted by molar-refractivity contribution is -0.139. The minimum absolute atomic E-state index is 0.234. The number of carboxylic acid groups (broad SMARTS) is 1. The van der Waals surface area contributed by atoms with Crippen LogP contribution in [0.4, 0.5) is 0 Å². The third-order valence-corrected chi connectivity index (χ3v) is 4.55. The smallest absolute Gasteiger partial charge is 0.321 e. The number of carboxylic acids is 1. The van der Waals surface area contributed by atoms with Gasteiger partial charge in [0, 0.05) is 13.1 Å². The molecule has 0 aliphatic carbocycles. The third-order valence-electron chi connectivity index (χ3n) is 2.96. The zero-order chi connectivity index (χ0) is 13.1. The quantitative estimate of drug-likeness (QED) is 0.753. The lowest BCUT2D eigenvalue weighted by Crippen LogP contribution is -2.50. The Hall–Kier alpha value is -0.660. The summed E-state index contributed by atoms with van der Waals surface area (Å²) >= 11 is 0. The first-order chi connectivity index (χ1) is 7.86. The summed E-state index contributed by atoms with van der Waals surface area (Å²) in [7, 11) is -3.67. The van der Waals surface area contributed by atoms with Gasteiger partial charge in [0.05, 0.1) is 0 Å². The molecule has 2 N–H and O–H groups in total. The number of hydrogen-bond donors (Lipinski definition) is 2. The second kappa shape index (κ2) is 5.79. The molecule has 6 nitrogen and oxygen atoms in total. The molecule has 7 heteroatoms. The summed E-state index contributed by atoms with van der Waals surface area (Å²) in [5, 5.41) is 8.84. The predicted molar refractivity (Wildman–Crippen MR) is 63.7 cm³/mol. The Morgan fingerprint density at radius 3 is 2.71 bits per heavy atom. The van der Waals surface area contributed by atoms with Gasteiger partial charge < -0.3 is 5.11 Å². The molecular formula is C10H20N2O4S. The van der Waals surface area contributed by atoms with Crippen molar-refractivity contribution in [2.75, 3.05) is 13.1 Å². The molecule has 0 bridgehead atoms. The van der Waals surface area contributed by atoms with E-state index in [1.807, 2.05) is 6.92 Å². The molecule has 0 aromatic rings. The fraction of sp³-hybridized carbons (Fsp3) is 0.900. The van der Waals surface area contributed by atoms with Crippen molar-refractivity contribution in [2.24, 2.45) is 5.92 Å². The van der Waals surface area contributed by atoms with Crippen LogP contribution in [0, 0.1) is 5.92 Å². The van der Waals surface area contributed by atoms with Crippen LogP contribution in [0.3, 0.4) is 0 Å². The molecule has 1 aliphatic rings. The normalized spacial score (nSPS) is 24.5. The Balaban J connectivity index is 2.70. The van der Waals surface area contributed by atoms with E-state index >= 15 is 0 Å². The minimum atomic E-state index is -3.67. The Morgan fingerprint density at radius 2 is 2.24 bits per heavy atom. The second-order valence-electron chi connectivity index (χ2n) is 4.53. The molecule has 0 amide bonds. The summed E-state index contributed by atoms with van der Waals surface area (Å²) in [6, 6.07) is -1.04. The van der Waals surface area contributed by atoms with Gasteiger partial charge in [0.15, 0.2) is 0 Å². The van der Waals surface area contributed by atoms with Gasteiger partial charge in [-0.2, -0.15) is 17.4 Å². The van der Waals surface area contributed by atoms with Gasteiger partial charge in [0.1, 0.15) is 6.04 Å². The minimum Gasteiger partial charge on any atom is -0.480 e. The van der Waals surface area contributed by atoms with E-state index < -0.39 is 22.2 Å². The van der Waals surface area contributed by atoms with Crippen LogP contribution < -0.4 is 4.72 Å². The summed E-state index contributed by atoms with van der Waals surface area (Å²) in [5.41, 5.74) is 0. The highest BCUT2D eigenvalue weighted by molar-refractivity contribution is 7.87. The molecule has 1 unspecified atom stereocenters. The van der Waals surface area contributed by atoms with Crippen LogP contribution in [0.5, 0.6) is 0 Å². The maximum absolute atomic E-state index is 12.0. The molecule has 0 aromatic carbocycles. The Labute approximate surface area is 102 Å². The van der Waals surface area contributed by atoms with Gasteiger partial charge in [-0.15, -0.1) is 0 Å². The predicted octanol–water partition coefficient (Wildman–Crippen LogP) is 0.416. The maximum atomic E-state index is 12.0. The van der Waals surface area contributed by atoms with Gasteiger partial charge in [0.25, 0.3) is 10.2 Å². The van der Waals surface area contributed by atoms with E-state index in [-0.39, 0.29) is 6.42 Å². The highest BCUT2D eigenvalue weighted by Crippen LogP contribution is 2.18. The molecule has 1 rings (SSSR count). The first-order valence-corrected chi connectivity index (χ1v) is 7.31. The van der Waals surface area contributed by atoms with Crippen molar-refractivity contribution in [3.8, 4) is 0 Å². The molecule has 1 heterocycles. The highest BCUT2D eigenvalue weighted by Gasteiger charge is 2.30. The Bertz CT molecular complexity index is 369. The van der Waals surface area contributed by atoms with E-state index in [9.17, 15) is 13.2 Å². The van der Waals surface area contributed by atoms with Crippen LogP contribution >= 0.6 is 0 Å².